The molecule has 0 aromatic rings. The van der Waals surface area contributed by atoms with Crippen LogP contribution in [0.25, 0.3) is 0 Å². The van der Waals surface area contributed by atoms with E-state index in [4.69, 9.17) is 5.26 Å². The summed E-state index contributed by atoms with van der Waals surface area (Å²) in [5.41, 5.74) is 0. The molecule has 0 aliphatic heterocycles. The largest absolute Gasteiger partial charge is 0.355 e. The van der Waals surface area contributed by atoms with E-state index in [0.29, 0.717) is 13.0 Å². The fourth-order valence-electron chi connectivity index (χ4n) is 1.11. The summed E-state index contributed by atoms with van der Waals surface area (Å²) < 4.78 is 0. The number of amides is 1. The normalized spacial score (nSPS) is 11.8. The third kappa shape index (κ3) is 7.60. The van der Waals surface area contributed by atoms with Crippen LogP contribution in [0.1, 0.15) is 46.0 Å². The fraction of sp³-hybridized carbons (Fsp3) is 0.818. The van der Waals surface area contributed by atoms with Crippen molar-refractivity contribution in [3.63, 3.8) is 0 Å². The Labute approximate surface area is 86.5 Å². The monoisotopic (exact) mass is 196 g/mol. The first kappa shape index (κ1) is 13.0. The molecule has 0 saturated heterocycles. The first-order valence-corrected chi connectivity index (χ1v) is 5.37. The smallest absolute Gasteiger partial charge is 0.220 e. The van der Waals surface area contributed by atoms with Crippen LogP contribution in [0.15, 0.2) is 0 Å². The van der Waals surface area contributed by atoms with Crippen molar-refractivity contribution in [2.75, 3.05) is 6.54 Å². The van der Waals surface area contributed by atoms with Crippen molar-refractivity contribution in [1.29, 1.82) is 5.26 Å². The van der Waals surface area contributed by atoms with Crippen LogP contribution in [0, 0.1) is 17.2 Å². The maximum absolute atomic E-state index is 11.2. The van der Waals surface area contributed by atoms with Gasteiger partial charge in [0.05, 0.1) is 12.0 Å². The predicted molar refractivity (Wildman–Crippen MR) is 56.5 cm³/mol. The summed E-state index contributed by atoms with van der Waals surface area (Å²) in [6.07, 6.45) is 5.06. The highest BCUT2D eigenvalue weighted by atomic mass is 16.1. The first-order chi connectivity index (χ1) is 6.70. The van der Waals surface area contributed by atoms with Crippen LogP contribution >= 0.6 is 0 Å². The van der Waals surface area contributed by atoms with E-state index in [9.17, 15) is 4.79 Å². The zero-order valence-corrected chi connectivity index (χ0v) is 9.18. The SMILES string of the molecule is CCCCCCC(=O)NCC(C)C#N. The van der Waals surface area contributed by atoms with E-state index in [1.54, 1.807) is 6.92 Å². The average Bonchev–Trinajstić information content (AvgIpc) is 2.21. The molecular weight excluding hydrogens is 176 g/mol. The summed E-state index contributed by atoms with van der Waals surface area (Å²) in [6.45, 7) is 4.43. The summed E-state index contributed by atoms with van der Waals surface area (Å²) in [6, 6.07) is 2.08. The van der Waals surface area contributed by atoms with Crippen LogP contribution in [0.5, 0.6) is 0 Å². The Kier molecular flexibility index (Phi) is 7.92. The number of unbranched alkanes of at least 4 members (excludes halogenated alkanes) is 3. The molecule has 1 N–H and O–H groups in total. The number of carbonyl (C=O) groups is 1. The second-order valence-corrected chi connectivity index (χ2v) is 3.64. The van der Waals surface area contributed by atoms with Crippen LogP contribution in [0.3, 0.4) is 0 Å². The van der Waals surface area contributed by atoms with E-state index < -0.39 is 0 Å². The van der Waals surface area contributed by atoms with Gasteiger partial charge in [-0.15, -0.1) is 0 Å². The predicted octanol–water partition coefficient (Wildman–Crippen LogP) is 2.23. The van der Waals surface area contributed by atoms with E-state index in [1.165, 1.54) is 12.8 Å². The quantitative estimate of drug-likeness (QED) is 0.635. The van der Waals surface area contributed by atoms with Gasteiger partial charge in [-0.1, -0.05) is 26.2 Å². The van der Waals surface area contributed by atoms with Gasteiger partial charge in [0.1, 0.15) is 0 Å². The molecule has 1 amide bonds. The van der Waals surface area contributed by atoms with Crippen molar-refractivity contribution in [3.05, 3.63) is 0 Å². The average molecular weight is 196 g/mol. The lowest BCUT2D eigenvalue weighted by molar-refractivity contribution is -0.121. The number of carbonyl (C=O) groups excluding carboxylic acids is 1. The molecule has 0 aliphatic carbocycles. The third-order valence-electron chi connectivity index (χ3n) is 2.08. The topological polar surface area (TPSA) is 52.9 Å². The molecule has 3 nitrogen and oxygen atoms in total. The van der Waals surface area contributed by atoms with Gasteiger partial charge in [0.25, 0.3) is 0 Å². The summed E-state index contributed by atoms with van der Waals surface area (Å²) >= 11 is 0. The molecule has 0 saturated carbocycles. The summed E-state index contributed by atoms with van der Waals surface area (Å²) in [5, 5.41) is 11.2. The molecule has 0 aliphatic rings. The highest BCUT2D eigenvalue weighted by Gasteiger charge is 2.03. The second kappa shape index (κ2) is 8.55. The fourth-order valence-corrected chi connectivity index (χ4v) is 1.11. The molecule has 0 radical (unpaired) electrons. The lowest BCUT2D eigenvalue weighted by Crippen LogP contribution is -2.27. The Hall–Kier alpha value is -1.04. The minimum absolute atomic E-state index is 0.0724. The Morgan fingerprint density at radius 2 is 2.14 bits per heavy atom. The number of nitriles is 1. The molecule has 0 spiro atoms. The van der Waals surface area contributed by atoms with E-state index in [2.05, 4.69) is 18.3 Å². The lowest BCUT2D eigenvalue weighted by Gasteiger charge is -2.05. The molecule has 3 heteroatoms. The van der Waals surface area contributed by atoms with Crippen molar-refractivity contribution in [1.82, 2.24) is 5.32 Å². The molecule has 0 aromatic heterocycles. The highest BCUT2D eigenvalue weighted by Crippen LogP contribution is 2.02. The van der Waals surface area contributed by atoms with Gasteiger partial charge < -0.3 is 5.32 Å². The van der Waals surface area contributed by atoms with Crippen molar-refractivity contribution in [3.8, 4) is 6.07 Å². The second-order valence-electron chi connectivity index (χ2n) is 3.64. The number of hydrogen-bond acceptors (Lipinski definition) is 2. The summed E-state index contributed by atoms with van der Waals surface area (Å²) in [5.74, 6) is -0.0159. The Morgan fingerprint density at radius 1 is 1.43 bits per heavy atom. The highest BCUT2D eigenvalue weighted by molar-refractivity contribution is 5.75. The van der Waals surface area contributed by atoms with Crippen LogP contribution in [-0.2, 0) is 4.79 Å². The Morgan fingerprint density at radius 3 is 2.71 bits per heavy atom. The number of nitrogens with one attached hydrogen (secondary N) is 1. The van der Waals surface area contributed by atoms with Gasteiger partial charge in [-0.25, -0.2) is 0 Å². The van der Waals surface area contributed by atoms with Crippen LogP contribution in [0.2, 0.25) is 0 Å². The number of rotatable bonds is 7. The van der Waals surface area contributed by atoms with Crippen molar-refractivity contribution in [2.24, 2.45) is 5.92 Å². The first-order valence-electron chi connectivity index (χ1n) is 5.37. The van der Waals surface area contributed by atoms with Crippen molar-refractivity contribution < 1.29 is 4.79 Å². The van der Waals surface area contributed by atoms with Gasteiger partial charge in [0.2, 0.25) is 5.91 Å². The minimum Gasteiger partial charge on any atom is -0.355 e. The molecular formula is C11H20N2O. The zero-order valence-electron chi connectivity index (χ0n) is 9.18. The molecule has 0 heterocycles. The van der Waals surface area contributed by atoms with Crippen LogP contribution in [-0.4, -0.2) is 12.5 Å². The molecule has 14 heavy (non-hydrogen) atoms. The van der Waals surface area contributed by atoms with Gasteiger partial charge in [-0.05, 0) is 13.3 Å². The molecule has 0 bridgehead atoms. The molecule has 1 atom stereocenters. The molecule has 0 aromatic carbocycles. The van der Waals surface area contributed by atoms with Gasteiger partial charge in [-0.3, -0.25) is 4.79 Å². The summed E-state index contributed by atoms with van der Waals surface area (Å²) in [7, 11) is 0. The van der Waals surface area contributed by atoms with Gasteiger partial charge in [0, 0.05) is 13.0 Å². The van der Waals surface area contributed by atoms with Gasteiger partial charge in [0.15, 0.2) is 0 Å². The van der Waals surface area contributed by atoms with E-state index in [-0.39, 0.29) is 11.8 Å². The molecule has 80 valence electrons. The molecule has 1 unspecified atom stereocenters. The van der Waals surface area contributed by atoms with E-state index >= 15 is 0 Å². The molecule has 0 rings (SSSR count). The van der Waals surface area contributed by atoms with E-state index in [1.807, 2.05) is 0 Å². The van der Waals surface area contributed by atoms with Crippen LogP contribution in [0.4, 0.5) is 0 Å². The maximum Gasteiger partial charge on any atom is 0.220 e. The third-order valence-corrected chi connectivity index (χ3v) is 2.08. The van der Waals surface area contributed by atoms with Crippen molar-refractivity contribution in [2.45, 2.75) is 46.0 Å². The molecule has 0 fully saturated rings. The van der Waals surface area contributed by atoms with Gasteiger partial charge >= 0.3 is 0 Å². The maximum atomic E-state index is 11.2. The standard InChI is InChI=1S/C11H20N2O/c1-3-4-5-6-7-11(14)13-9-10(2)8-12/h10H,3-7,9H2,1-2H3,(H,13,14). The lowest BCUT2D eigenvalue weighted by atomic mass is 10.1. The van der Waals surface area contributed by atoms with E-state index in [0.717, 1.165) is 12.8 Å². The van der Waals surface area contributed by atoms with Crippen molar-refractivity contribution >= 4 is 5.91 Å². The Bertz CT molecular complexity index is 196. The zero-order chi connectivity index (χ0) is 10.8. The minimum atomic E-state index is -0.0883. The number of hydrogen-bond donors (Lipinski definition) is 1. The van der Waals surface area contributed by atoms with Crippen LogP contribution < -0.4 is 5.32 Å². The Balaban J connectivity index is 3.33. The van der Waals surface area contributed by atoms with Gasteiger partial charge in [-0.2, -0.15) is 5.26 Å². The number of nitrogens with zero attached hydrogens (tertiary/aromatic N) is 1. The summed E-state index contributed by atoms with van der Waals surface area (Å²) in [4.78, 5) is 11.2.